The minimum absolute atomic E-state index is 0.236. The summed E-state index contributed by atoms with van der Waals surface area (Å²) in [6.45, 7) is 0. The lowest BCUT2D eigenvalue weighted by Crippen LogP contribution is -2.36. The number of rotatable bonds is 5. The third kappa shape index (κ3) is 3.45. The molecule has 3 heteroatoms. The summed E-state index contributed by atoms with van der Waals surface area (Å²) in [6.07, 6.45) is 0.623. The molecule has 2 rings (SSSR count). The first-order chi connectivity index (χ1) is 9.74. The van der Waals surface area contributed by atoms with Crippen LogP contribution in [0.5, 0.6) is 0 Å². The molecule has 20 heavy (non-hydrogen) atoms. The van der Waals surface area contributed by atoms with Gasteiger partial charge in [-0.1, -0.05) is 54.6 Å². The second-order valence-corrected chi connectivity index (χ2v) is 4.63. The fourth-order valence-corrected chi connectivity index (χ4v) is 2.15. The normalized spacial score (nSPS) is 11.9. The lowest BCUT2D eigenvalue weighted by molar-refractivity contribution is -0.142. The number of likely N-dealkylation sites (N-methyl/N-ethyl adjacent to an activating group) is 1. The average molecular weight is 269 g/mol. The monoisotopic (exact) mass is 269 g/mol. The highest BCUT2D eigenvalue weighted by molar-refractivity contribution is 5.76. The quantitative estimate of drug-likeness (QED) is 0.848. The highest BCUT2D eigenvalue weighted by Gasteiger charge is 2.16. The summed E-state index contributed by atoms with van der Waals surface area (Å²) in [5.74, 6) is -0.236. The van der Waals surface area contributed by atoms with Crippen molar-refractivity contribution < 1.29 is 9.53 Å². The van der Waals surface area contributed by atoms with Crippen molar-refractivity contribution in [2.45, 2.75) is 12.5 Å². The molecule has 104 valence electrons. The van der Waals surface area contributed by atoms with Crippen molar-refractivity contribution in [1.82, 2.24) is 5.32 Å². The number of hydrogen-bond donors (Lipinski definition) is 1. The third-order valence-electron chi connectivity index (χ3n) is 3.34. The van der Waals surface area contributed by atoms with E-state index in [4.69, 9.17) is 4.74 Å². The van der Waals surface area contributed by atoms with Crippen LogP contribution in [0.25, 0.3) is 11.1 Å². The Balaban J connectivity index is 2.10. The molecule has 0 aliphatic heterocycles. The molecule has 0 spiro atoms. The van der Waals surface area contributed by atoms with E-state index >= 15 is 0 Å². The van der Waals surface area contributed by atoms with E-state index in [1.807, 2.05) is 18.2 Å². The topological polar surface area (TPSA) is 38.3 Å². The maximum Gasteiger partial charge on any atom is 0.323 e. The standard InChI is InChI=1S/C17H19NO2/c1-18-16(17(19)20-2)12-13-8-10-15(11-9-13)14-6-4-3-5-7-14/h3-11,16,18H,12H2,1-2H3. The number of methoxy groups -OCH3 is 1. The van der Waals surface area contributed by atoms with E-state index < -0.39 is 0 Å². The Kier molecular flexibility index (Phi) is 4.91. The number of esters is 1. The van der Waals surface area contributed by atoms with Gasteiger partial charge in [-0.25, -0.2) is 0 Å². The molecular weight excluding hydrogens is 250 g/mol. The Labute approximate surface area is 119 Å². The molecule has 0 radical (unpaired) electrons. The van der Waals surface area contributed by atoms with Gasteiger partial charge in [0.2, 0.25) is 0 Å². The Morgan fingerprint density at radius 1 is 1.05 bits per heavy atom. The first-order valence-corrected chi connectivity index (χ1v) is 6.64. The fourth-order valence-electron chi connectivity index (χ4n) is 2.15. The van der Waals surface area contributed by atoms with E-state index in [0.717, 1.165) is 5.56 Å². The van der Waals surface area contributed by atoms with E-state index in [-0.39, 0.29) is 12.0 Å². The summed E-state index contributed by atoms with van der Waals surface area (Å²) in [5, 5.41) is 2.97. The zero-order valence-corrected chi connectivity index (χ0v) is 11.8. The van der Waals surface area contributed by atoms with Gasteiger partial charge in [0.15, 0.2) is 0 Å². The van der Waals surface area contributed by atoms with Crippen LogP contribution in [0.2, 0.25) is 0 Å². The van der Waals surface area contributed by atoms with Gasteiger partial charge in [-0.15, -0.1) is 0 Å². The zero-order chi connectivity index (χ0) is 14.4. The third-order valence-corrected chi connectivity index (χ3v) is 3.34. The van der Waals surface area contributed by atoms with Crippen LogP contribution in [-0.4, -0.2) is 26.2 Å². The summed E-state index contributed by atoms with van der Waals surface area (Å²) >= 11 is 0. The number of benzene rings is 2. The Bertz CT molecular complexity index is 549. The molecule has 0 saturated carbocycles. The smallest absolute Gasteiger partial charge is 0.323 e. The number of ether oxygens (including phenoxy) is 1. The van der Waals surface area contributed by atoms with Gasteiger partial charge in [-0.3, -0.25) is 4.79 Å². The van der Waals surface area contributed by atoms with E-state index in [1.54, 1.807) is 7.05 Å². The molecule has 0 aromatic heterocycles. The minimum Gasteiger partial charge on any atom is -0.468 e. The minimum atomic E-state index is -0.303. The van der Waals surface area contributed by atoms with Gasteiger partial charge in [0.1, 0.15) is 6.04 Å². The number of nitrogens with one attached hydrogen (secondary N) is 1. The predicted octanol–water partition coefficient (Wildman–Crippen LogP) is 2.66. The highest BCUT2D eigenvalue weighted by atomic mass is 16.5. The van der Waals surface area contributed by atoms with Crippen molar-refractivity contribution in [2.75, 3.05) is 14.2 Å². The second kappa shape index (κ2) is 6.87. The molecule has 1 N–H and O–H groups in total. The van der Waals surface area contributed by atoms with Crippen molar-refractivity contribution in [3.63, 3.8) is 0 Å². The average Bonchev–Trinajstić information content (AvgIpc) is 2.53. The molecule has 0 amide bonds. The van der Waals surface area contributed by atoms with Crippen LogP contribution in [0.1, 0.15) is 5.56 Å². The van der Waals surface area contributed by atoms with E-state index in [9.17, 15) is 4.79 Å². The van der Waals surface area contributed by atoms with Gasteiger partial charge in [-0.2, -0.15) is 0 Å². The Hall–Kier alpha value is -2.13. The van der Waals surface area contributed by atoms with Crippen LogP contribution in [0.3, 0.4) is 0 Å². The first-order valence-electron chi connectivity index (χ1n) is 6.64. The zero-order valence-electron chi connectivity index (χ0n) is 11.8. The van der Waals surface area contributed by atoms with Crippen LogP contribution in [0, 0.1) is 0 Å². The molecule has 1 atom stereocenters. The fraction of sp³-hybridized carbons (Fsp3) is 0.235. The molecule has 2 aromatic rings. The van der Waals surface area contributed by atoms with Gasteiger partial charge in [-0.05, 0) is 30.2 Å². The lowest BCUT2D eigenvalue weighted by atomic mass is 10.0. The number of carbonyl (C=O) groups is 1. The summed E-state index contributed by atoms with van der Waals surface area (Å²) in [6, 6.07) is 18.2. The largest absolute Gasteiger partial charge is 0.468 e. The summed E-state index contributed by atoms with van der Waals surface area (Å²) < 4.78 is 4.77. The van der Waals surface area contributed by atoms with Crippen LogP contribution in [0.4, 0.5) is 0 Å². The van der Waals surface area contributed by atoms with Crippen LogP contribution in [-0.2, 0) is 16.0 Å². The van der Waals surface area contributed by atoms with Crippen molar-refractivity contribution >= 4 is 5.97 Å². The molecule has 2 aromatic carbocycles. The summed E-state index contributed by atoms with van der Waals surface area (Å²) in [4.78, 5) is 11.6. The van der Waals surface area contributed by atoms with E-state index in [0.29, 0.717) is 6.42 Å². The molecule has 0 saturated heterocycles. The van der Waals surface area contributed by atoms with Crippen molar-refractivity contribution in [1.29, 1.82) is 0 Å². The van der Waals surface area contributed by atoms with Crippen molar-refractivity contribution in [3.05, 3.63) is 60.2 Å². The molecule has 0 fully saturated rings. The highest BCUT2D eigenvalue weighted by Crippen LogP contribution is 2.19. The van der Waals surface area contributed by atoms with Crippen LogP contribution >= 0.6 is 0 Å². The molecule has 0 aliphatic carbocycles. The Morgan fingerprint density at radius 3 is 2.20 bits per heavy atom. The Morgan fingerprint density at radius 2 is 1.65 bits per heavy atom. The van der Waals surface area contributed by atoms with Gasteiger partial charge in [0, 0.05) is 0 Å². The molecule has 0 aliphatic rings. The SMILES string of the molecule is CNC(Cc1ccc(-c2ccccc2)cc1)C(=O)OC. The van der Waals surface area contributed by atoms with Gasteiger partial charge in [0.05, 0.1) is 7.11 Å². The molecule has 3 nitrogen and oxygen atoms in total. The molecule has 1 unspecified atom stereocenters. The van der Waals surface area contributed by atoms with Gasteiger partial charge in [0.25, 0.3) is 0 Å². The number of carbonyl (C=O) groups excluding carboxylic acids is 1. The van der Waals surface area contributed by atoms with Gasteiger partial charge >= 0.3 is 5.97 Å². The molecule has 0 bridgehead atoms. The second-order valence-electron chi connectivity index (χ2n) is 4.63. The van der Waals surface area contributed by atoms with Gasteiger partial charge < -0.3 is 10.1 Å². The lowest BCUT2D eigenvalue weighted by Gasteiger charge is -2.13. The maximum absolute atomic E-state index is 11.6. The van der Waals surface area contributed by atoms with E-state index in [1.165, 1.54) is 18.2 Å². The summed E-state index contributed by atoms with van der Waals surface area (Å²) in [5.41, 5.74) is 3.47. The maximum atomic E-state index is 11.6. The van der Waals surface area contributed by atoms with Crippen LogP contribution in [0.15, 0.2) is 54.6 Å². The van der Waals surface area contributed by atoms with Crippen molar-refractivity contribution in [2.24, 2.45) is 0 Å². The summed E-state index contributed by atoms with van der Waals surface area (Å²) in [7, 11) is 3.17. The molecular formula is C17H19NO2. The first kappa shape index (κ1) is 14.3. The number of hydrogen-bond acceptors (Lipinski definition) is 3. The predicted molar refractivity (Wildman–Crippen MR) is 80.4 cm³/mol. The van der Waals surface area contributed by atoms with E-state index in [2.05, 4.69) is 41.7 Å². The van der Waals surface area contributed by atoms with Crippen molar-refractivity contribution in [3.8, 4) is 11.1 Å². The van der Waals surface area contributed by atoms with Crippen LogP contribution < -0.4 is 5.32 Å². The molecule has 0 heterocycles.